The molecule has 0 atom stereocenters. The Morgan fingerprint density at radius 1 is 1.50 bits per heavy atom. The first kappa shape index (κ1) is 15.9. The highest BCUT2D eigenvalue weighted by molar-refractivity contribution is 6.00. The van der Waals surface area contributed by atoms with E-state index in [1.54, 1.807) is 0 Å². The molecule has 0 fully saturated rings. The predicted molar refractivity (Wildman–Crippen MR) is 73.8 cm³/mol. The summed E-state index contributed by atoms with van der Waals surface area (Å²) in [6.45, 7) is 3.99. The second kappa shape index (κ2) is 8.14. The minimum atomic E-state index is -0.470. The first-order chi connectivity index (χ1) is 9.58. The zero-order valence-corrected chi connectivity index (χ0v) is 11.6. The third-order valence-corrected chi connectivity index (χ3v) is 2.69. The molecule has 110 valence electrons. The van der Waals surface area contributed by atoms with E-state index in [0.29, 0.717) is 17.9 Å². The van der Waals surface area contributed by atoms with Gasteiger partial charge in [-0.15, -0.1) is 0 Å². The lowest BCUT2D eigenvalue weighted by Gasteiger charge is -2.11. The minimum Gasteiger partial charge on any atom is -0.483 e. The summed E-state index contributed by atoms with van der Waals surface area (Å²) in [5.74, 6) is -0.414. The van der Waals surface area contributed by atoms with Gasteiger partial charge in [0.25, 0.3) is 5.91 Å². The fraction of sp³-hybridized carbons (Fsp3) is 0.429. The molecule has 0 aliphatic rings. The number of unbranched alkanes of at least 4 members (excludes halogenated alkanes) is 1. The highest BCUT2D eigenvalue weighted by atomic mass is 19.1. The van der Waals surface area contributed by atoms with Crippen molar-refractivity contribution in [1.82, 2.24) is 5.32 Å². The van der Waals surface area contributed by atoms with Crippen LogP contribution in [0.25, 0.3) is 0 Å². The van der Waals surface area contributed by atoms with Crippen molar-refractivity contribution in [3.8, 4) is 5.75 Å². The number of benzene rings is 1. The van der Waals surface area contributed by atoms with Gasteiger partial charge in [-0.2, -0.15) is 0 Å². The normalized spacial score (nSPS) is 11.2. The van der Waals surface area contributed by atoms with Crippen molar-refractivity contribution < 1.29 is 19.1 Å². The molecule has 0 saturated carbocycles. The number of halogens is 1. The molecule has 2 N–H and O–H groups in total. The molecule has 0 aliphatic carbocycles. The van der Waals surface area contributed by atoms with E-state index in [1.807, 2.05) is 6.92 Å². The zero-order chi connectivity index (χ0) is 15.0. The summed E-state index contributed by atoms with van der Waals surface area (Å²) in [5.41, 5.74) is 0.528. The molecule has 0 spiro atoms. The van der Waals surface area contributed by atoms with Crippen LogP contribution in [0, 0.1) is 5.82 Å². The van der Waals surface area contributed by atoms with Gasteiger partial charge < -0.3 is 15.3 Å². The number of carbonyl (C=O) groups is 1. The van der Waals surface area contributed by atoms with Crippen LogP contribution < -0.4 is 10.1 Å². The summed E-state index contributed by atoms with van der Waals surface area (Å²) in [4.78, 5) is 11.5. The van der Waals surface area contributed by atoms with Gasteiger partial charge in [0, 0.05) is 12.1 Å². The number of hydrogen-bond donors (Lipinski definition) is 2. The largest absolute Gasteiger partial charge is 0.483 e. The Labute approximate surface area is 117 Å². The van der Waals surface area contributed by atoms with Crippen molar-refractivity contribution in [2.45, 2.75) is 26.7 Å². The van der Waals surface area contributed by atoms with Gasteiger partial charge in [-0.1, -0.05) is 18.5 Å². The van der Waals surface area contributed by atoms with Crippen LogP contribution in [0.15, 0.2) is 23.4 Å². The number of rotatable bonds is 7. The van der Waals surface area contributed by atoms with Crippen LogP contribution in [0.2, 0.25) is 0 Å². The molecule has 1 amide bonds. The van der Waals surface area contributed by atoms with Crippen molar-refractivity contribution in [2.24, 2.45) is 5.16 Å². The third-order valence-electron chi connectivity index (χ3n) is 2.69. The zero-order valence-electron chi connectivity index (χ0n) is 11.6. The second-order valence-electron chi connectivity index (χ2n) is 4.32. The van der Waals surface area contributed by atoms with Gasteiger partial charge in [0.05, 0.1) is 5.71 Å². The van der Waals surface area contributed by atoms with E-state index in [4.69, 9.17) is 9.94 Å². The molecule has 0 aromatic heterocycles. The van der Waals surface area contributed by atoms with Crippen molar-refractivity contribution in [3.63, 3.8) is 0 Å². The van der Waals surface area contributed by atoms with Gasteiger partial charge in [0.1, 0.15) is 11.6 Å². The maximum absolute atomic E-state index is 13.2. The standard InChI is InChI=1S/C14H19FN2O3/c1-3-4-7-16-14(18)9-20-13-6-5-11(15)8-12(13)10(2)17-19/h5-6,8,19H,3-4,7,9H2,1-2H3,(H,16,18)/b17-10+. The number of nitrogens with zero attached hydrogens (tertiary/aromatic N) is 1. The van der Waals surface area contributed by atoms with E-state index in [0.717, 1.165) is 12.8 Å². The fourth-order valence-electron chi connectivity index (χ4n) is 1.56. The first-order valence-corrected chi connectivity index (χ1v) is 6.46. The van der Waals surface area contributed by atoms with Gasteiger partial charge in [-0.05, 0) is 31.5 Å². The minimum absolute atomic E-state index is 0.166. The Morgan fingerprint density at radius 2 is 2.25 bits per heavy atom. The van der Waals surface area contributed by atoms with Crippen LogP contribution in [0.5, 0.6) is 5.75 Å². The van der Waals surface area contributed by atoms with Gasteiger partial charge in [0.15, 0.2) is 6.61 Å². The second-order valence-corrected chi connectivity index (χ2v) is 4.32. The van der Waals surface area contributed by atoms with E-state index < -0.39 is 5.82 Å². The molecular weight excluding hydrogens is 263 g/mol. The van der Waals surface area contributed by atoms with Gasteiger partial charge in [0.2, 0.25) is 0 Å². The van der Waals surface area contributed by atoms with Crippen molar-refractivity contribution in [2.75, 3.05) is 13.2 Å². The number of nitrogens with one attached hydrogen (secondary N) is 1. The number of ether oxygens (including phenoxy) is 1. The topological polar surface area (TPSA) is 70.9 Å². The smallest absolute Gasteiger partial charge is 0.257 e. The van der Waals surface area contributed by atoms with Crippen LogP contribution in [-0.4, -0.2) is 30.0 Å². The van der Waals surface area contributed by atoms with Crippen molar-refractivity contribution in [3.05, 3.63) is 29.6 Å². The molecule has 5 nitrogen and oxygen atoms in total. The van der Waals surface area contributed by atoms with Crippen LogP contribution in [-0.2, 0) is 4.79 Å². The number of amides is 1. The first-order valence-electron chi connectivity index (χ1n) is 6.46. The molecular formula is C14H19FN2O3. The lowest BCUT2D eigenvalue weighted by Crippen LogP contribution is -2.29. The Bertz CT molecular complexity index is 489. The Balaban J connectivity index is 2.66. The lowest BCUT2D eigenvalue weighted by atomic mass is 10.1. The monoisotopic (exact) mass is 282 g/mol. The Hall–Kier alpha value is -2.11. The third kappa shape index (κ3) is 4.87. The summed E-state index contributed by atoms with van der Waals surface area (Å²) in [7, 11) is 0. The SMILES string of the molecule is CCCCNC(=O)COc1ccc(F)cc1/C(C)=N/O. The van der Waals surface area contributed by atoms with Gasteiger partial charge in [-0.3, -0.25) is 4.79 Å². The van der Waals surface area contributed by atoms with E-state index in [-0.39, 0.29) is 18.2 Å². The maximum Gasteiger partial charge on any atom is 0.257 e. The summed E-state index contributed by atoms with van der Waals surface area (Å²) in [6.07, 6.45) is 1.90. The molecule has 20 heavy (non-hydrogen) atoms. The molecule has 0 aliphatic heterocycles. The highest BCUT2D eigenvalue weighted by Crippen LogP contribution is 2.20. The van der Waals surface area contributed by atoms with Crippen LogP contribution >= 0.6 is 0 Å². The van der Waals surface area contributed by atoms with Crippen LogP contribution in [0.4, 0.5) is 4.39 Å². The maximum atomic E-state index is 13.2. The lowest BCUT2D eigenvalue weighted by molar-refractivity contribution is -0.123. The molecule has 1 aromatic carbocycles. The van der Waals surface area contributed by atoms with E-state index in [1.165, 1.54) is 25.1 Å². The fourth-order valence-corrected chi connectivity index (χ4v) is 1.56. The summed E-state index contributed by atoms with van der Waals surface area (Å²) >= 11 is 0. The number of oxime groups is 1. The average Bonchev–Trinajstić information content (AvgIpc) is 2.45. The molecule has 0 bridgehead atoms. The Kier molecular flexibility index (Phi) is 6.49. The Morgan fingerprint density at radius 3 is 2.90 bits per heavy atom. The number of hydrogen-bond acceptors (Lipinski definition) is 4. The summed E-state index contributed by atoms with van der Waals surface area (Å²) in [5, 5.41) is 14.5. The molecule has 1 rings (SSSR count). The molecule has 6 heteroatoms. The molecule has 1 aromatic rings. The molecule has 0 radical (unpaired) electrons. The summed E-state index contributed by atoms with van der Waals surface area (Å²) < 4.78 is 18.5. The van der Waals surface area contributed by atoms with Gasteiger partial charge >= 0.3 is 0 Å². The highest BCUT2D eigenvalue weighted by Gasteiger charge is 2.11. The number of carbonyl (C=O) groups excluding carboxylic acids is 1. The van der Waals surface area contributed by atoms with Crippen molar-refractivity contribution >= 4 is 11.6 Å². The van der Waals surface area contributed by atoms with E-state index in [9.17, 15) is 9.18 Å². The van der Waals surface area contributed by atoms with E-state index in [2.05, 4.69) is 10.5 Å². The quantitative estimate of drug-likeness (QED) is 0.349. The van der Waals surface area contributed by atoms with Gasteiger partial charge in [-0.25, -0.2) is 4.39 Å². The molecule has 0 saturated heterocycles. The van der Waals surface area contributed by atoms with E-state index >= 15 is 0 Å². The molecule has 0 unspecified atom stereocenters. The molecule has 0 heterocycles. The predicted octanol–water partition coefficient (Wildman–Crippen LogP) is 2.32. The average molecular weight is 282 g/mol. The summed E-state index contributed by atoms with van der Waals surface area (Å²) in [6, 6.07) is 3.82. The van der Waals surface area contributed by atoms with Crippen LogP contribution in [0.1, 0.15) is 32.3 Å². The van der Waals surface area contributed by atoms with Crippen LogP contribution in [0.3, 0.4) is 0 Å². The van der Waals surface area contributed by atoms with Crippen molar-refractivity contribution in [1.29, 1.82) is 0 Å².